The zero-order chi connectivity index (χ0) is 15.2. The molecule has 7 heteroatoms. The van der Waals surface area contributed by atoms with Crippen LogP contribution in [0.5, 0.6) is 5.75 Å². The Balaban J connectivity index is 2.52. The Bertz CT molecular complexity index is 423. The van der Waals surface area contributed by atoms with Gasteiger partial charge in [0, 0.05) is 6.04 Å². The number of hydrogen-bond acceptors (Lipinski definition) is 3. The van der Waals surface area contributed by atoms with Crippen molar-refractivity contribution in [2.75, 3.05) is 19.8 Å². The summed E-state index contributed by atoms with van der Waals surface area (Å²) in [7, 11) is 0. The number of rotatable bonds is 7. The molecule has 0 fully saturated rings. The summed E-state index contributed by atoms with van der Waals surface area (Å²) in [5, 5.41) is 3.12. The Morgan fingerprint density at radius 3 is 2.50 bits per heavy atom. The first-order valence-electron chi connectivity index (χ1n) is 6.19. The fraction of sp³-hybridized carbons (Fsp3) is 0.538. The summed E-state index contributed by atoms with van der Waals surface area (Å²) in [5.41, 5.74) is 0.739. The van der Waals surface area contributed by atoms with Crippen molar-refractivity contribution in [3.63, 3.8) is 0 Å². The monoisotopic (exact) mass is 295 g/mol. The molecule has 0 saturated carbocycles. The van der Waals surface area contributed by atoms with Gasteiger partial charge >= 0.3 is 6.36 Å². The van der Waals surface area contributed by atoms with Crippen molar-refractivity contribution in [3.05, 3.63) is 29.6 Å². The summed E-state index contributed by atoms with van der Waals surface area (Å²) in [6.45, 7) is 3.51. The molecular weight excluding hydrogens is 278 g/mol. The molecule has 20 heavy (non-hydrogen) atoms. The molecule has 1 atom stereocenters. The molecule has 1 unspecified atom stereocenters. The van der Waals surface area contributed by atoms with E-state index in [1.54, 1.807) is 6.07 Å². The quantitative estimate of drug-likeness (QED) is 0.617. The van der Waals surface area contributed by atoms with Crippen LogP contribution in [0.1, 0.15) is 25.5 Å². The maximum atomic E-state index is 13.7. The van der Waals surface area contributed by atoms with E-state index in [0.29, 0.717) is 0 Å². The lowest BCUT2D eigenvalue weighted by Crippen LogP contribution is -2.19. The smallest absolute Gasteiger partial charge is 0.488 e. The third-order valence-corrected chi connectivity index (χ3v) is 2.57. The molecule has 0 saturated heterocycles. The fourth-order valence-electron chi connectivity index (χ4n) is 1.64. The van der Waals surface area contributed by atoms with E-state index in [0.717, 1.165) is 12.1 Å². The minimum absolute atomic E-state index is 0.0166. The van der Waals surface area contributed by atoms with Crippen LogP contribution in [0.3, 0.4) is 0 Å². The summed E-state index contributed by atoms with van der Waals surface area (Å²) >= 11 is 0. The highest BCUT2D eigenvalue weighted by Crippen LogP contribution is 2.22. The fourth-order valence-corrected chi connectivity index (χ4v) is 1.64. The van der Waals surface area contributed by atoms with Crippen LogP contribution in [-0.4, -0.2) is 26.1 Å². The topological polar surface area (TPSA) is 30.5 Å². The second-order valence-electron chi connectivity index (χ2n) is 4.11. The second-order valence-corrected chi connectivity index (χ2v) is 4.11. The van der Waals surface area contributed by atoms with E-state index in [4.69, 9.17) is 4.74 Å². The van der Waals surface area contributed by atoms with Crippen molar-refractivity contribution >= 4 is 0 Å². The number of hydrogen-bond donors (Lipinski definition) is 1. The summed E-state index contributed by atoms with van der Waals surface area (Å²) in [4.78, 5) is 0. The Morgan fingerprint density at radius 2 is 1.95 bits per heavy atom. The van der Waals surface area contributed by atoms with Gasteiger partial charge in [-0.25, -0.2) is 4.39 Å². The molecule has 1 aromatic rings. The molecule has 0 aliphatic rings. The lowest BCUT2D eigenvalue weighted by molar-refractivity contribution is -0.325. The van der Waals surface area contributed by atoms with E-state index < -0.39 is 18.8 Å². The summed E-state index contributed by atoms with van der Waals surface area (Å²) in [5.74, 6) is -0.706. The van der Waals surface area contributed by atoms with Gasteiger partial charge in [-0.1, -0.05) is 13.0 Å². The minimum atomic E-state index is -4.70. The van der Waals surface area contributed by atoms with Gasteiger partial charge < -0.3 is 10.1 Å². The van der Waals surface area contributed by atoms with Crippen LogP contribution in [0.2, 0.25) is 0 Å². The average Bonchev–Trinajstić information content (AvgIpc) is 2.35. The molecule has 0 aliphatic heterocycles. The molecule has 1 rings (SSSR count). The summed E-state index contributed by atoms with van der Waals surface area (Å²) in [6, 6.07) is 4.34. The van der Waals surface area contributed by atoms with Crippen molar-refractivity contribution in [1.82, 2.24) is 5.32 Å². The third kappa shape index (κ3) is 5.75. The molecule has 3 nitrogen and oxygen atoms in total. The van der Waals surface area contributed by atoms with Gasteiger partial charge in [0.2, 0.25) is 0 Å². The molecule has 0 aliphatic carbocycles. The van der Waals surface area contributed by atoms with Crippen LogP contribution in [0.15, 0.2) is 18.2 Å². The molecule has 0 aromatic heterocycles. The Hall–Kier alpha value is -1.34. The zero-order valence-corrected chi connectivity index (χ0v) is 11.3. The first kappa shape index (κ1) is 16.7. The predicted molar refractivity (Wildman–Crippen MR) is 66.0 cm³/mol. The largest absolute Gasteiger partial charge is 0.522 e. The van der Waals surface area contributed by atoms with Crippen molar-refractivity contribution in [2.24, 2.45) is 0 Å². The lowest BCUT2D eigenvalue weighted by atomic mass is 10.1. The van der Waals surface area contributed by atoms with Crippen LogP contribution in [0.4, 0.5) is 17.6 Å². The highest BCUT2D eigenvalue weighted by Gasteiger charge is 2.28. The van der Waals surface area contributed by atoms with E-state index in [2.05, 4.69) is 10.1 Å². The Labute approximate surface area is 114 Å². The SMILES string of the molecule is CCNC(C)c1ccc(OCCOC(F)(F)F)c(F)c1. The van der Waals surface area contributed by atoms with Gasteiger partial charge in [0.15, 0.2) is 11.6 Å². The number of halogens is 4. The van der Waals surface area contributed by atoms with E-state index in [9.17, 15) is 17.6 Å². The highest BCUT2D eigenvalue weighted by atomic mass is 19.4. The van der Waals surface area contributed by atoms with Crippen LogP contribution in [0, 0.1) is 5.82 Å². The highest BCUT2D eigenvalue weighted by molar-refractivity contribution is 5.30. The molecule has 1 N–H and O–H groups in total. The number of ether oxygens (including phenoxy) is 2. The zero-order valence-electron chi connectivity index (χ0n) is 11.3. The number of benzene rings is 1. The standard InChI is InChI=1S/C13H17F4NO2/c1-3-18-9(2)10-4-5-12(11(14)8-10)19-6-7-20-13(15,16)17/h4-5,8-9,18H,3,6-7H2,1-2H3. The van der Waals surface area contributed by atoms with Gasteiger partial charge in [0.05, 0.1) is 6.61 Å². The van der Waals surface area contributed by atoms with Crippen molar-refractivity contribution in [2.45, 2.75) is 26.3 Å². The second kappa shape index (κ2) is 7.44. The van der Waals surface area contributed by atoms with Crippen LogP contribution >= 0.6 is 0 Å². The molecule has 0 bridgehead atoms. The molecule has 1 aromatic carbocycles. The molecule has 114 valence electrons. The number of alkyl halides is 3. The molecule has 0 spiro atoms. The molecular formula is C13H17F4NO2. The van der Waals surface area contributed by atoms with Gasteiger partial charge in [-0.15, -0.1) is 13.2 Å². The normalized spacial score (nSPS) is 13.3. The Kier molecular flexibility index (Phi) is 6.22. The molecule has 0 amide bonds. The maximum Gasteiger partial charge on any atom is 0.522 e. The van der Waals surface area contributed by atoms with Crippen molar-refractivity contribution in [3.8, 4) is 5.75 Å². The minimum Gasteiger partial charge on any atom is -0.488 e. The summed E-state index contributed by atoms with van der Waals surface area (Å²) in [6.07, 6.45) is -4.70. The average molecular weight is 295 g/mol. The lowest BCUT2D eigenvalue weighted by Gasteiger charge is -2.14. The van der Waals surface area contributed by atoms with E-state index in [1.807, 2.05) is 13.8 Å². The van der Waals surface area contributed by atoms with Gasteiger partial charge in [0.25, 0.3) is 0 Å². The van der Waals surface area contributed by atoms with Gasteiger partial charge in [0.1, 0.15) is 6.61 Å². The summed E-state index contributed by atoms with van der Waals surface area (Å²) < 4.78 is 57.3. The maximum absolute atomic E-state index is 13.7. The molecule has 0 radical (unpaired) electrons. The van der Waals surface area contributed by atoms with Crippen LogP contribution in [0.25, 0.3) is 0 Å². The third-order valence-electron chi connectivity index (χ3n) is 2.57. The van der Waals surface area contributed by atoms with Gasteiger partial charge in [-0.2, -0.15) is 0 Å². The van der Waals surface area contributed by atoms with Crippen molar-refractivity contribution < 1.29 is 27.0 Å². The van der Waals surface area contributed by atoms with Gasteiger partial charge in [-0.05, 0) is 31.2 Å². The predicted octanol–water partition coefficient (Wildman–Crippen LogP) is 3.41. The first-order valence-corrected chi connectivity index (χ1v) is 6.19. The number of nitrogens with one attached hydrogen (secondary N) is 1. The van der Waals surface area contributed by atoms with E-state index in [1.165, 1.54) is 12.1 Å². The molecule has 0 heterocycles. The van der Waals surface area contributed by atoms with E-state index >= 15 is 0 Å². The van der Waals surface area contributed by atoms with E-state index in [-0.39, 0.29) is 18.4 Å². The van der Waals surface area contributed by atoms with Gasteiger partial charge in [-0.3, -0.25) is 4.74 Å². The van der Waals surface area contributed by atoms with Crippen molar-refractivity contribution in [1.29, 1.82) is 0 Å². The van der Waals surface area contributed by atoms with Crippen LogP contribution in [-0.2, 0) is 4.74 Å². The first-order chi connectivity index (χ1) is 9.33. The van der Waals surface area contributed by atoms with Crippen LogP contribution < -0.4 is 10.1 Å². The Morgan fingerprint density at radius 1 is 1.25 bits per heavy atom.